The molecule has 4 rings (SSSR count). The fraction of sp³-hybridized carbons (Fsp3) is 0.375. The van der Waals surface area contributed by atoms with Gasteiger partial charge < -0.3 is 9.47 Å². The van der Waals surface area contributed by atoms with Crippen LogP contribution in [0.15, 0.2) is 67.3 Å². The predicted octanol–water partition coefficient (Wildman–Crippen LogP) is 9.24. The highest BCUT2D eigenvalue weighted by molar-refractivity contribution is 5.71. The van der Waals surface area contributed by atoms with Crippen LogP contribution in [0.4, 0.5) is 13.2 Å². The van der Waals surface area contributed by atoms with E-state index in [1.807, 2.05) is 12.1 Å². The first-order valence-electron chi connectivity index (χ1n) is 13.3. The zero-order valence-corrected chi connectivity index (χ0v) is 21.4. The third-order valence-corrected chi connectivity index (χ3v) is 7.10. The summed E-state index contributed by atoms with van der Waals surface area (Å²) in [5, 5.41) is 0. The van der Waals surface area contributed by atoms with Gasteiger partial charge in [-0.25, -0.2) is 8.78 Å². The van der Waals surface area contributed by atoms with E-state index in [4.69, 9.17) is 9.47 Å². The number of ether oxygens (including phenoxy) is 2. The standard InChI is InChI=1S/C32H35F3O2/c1-3-5-6-7-8-19-36-30-18-17-28(31(34)32(30)35)23-11-9-22(10-12-23)27-16-14-24(20-29(27)33)25-13-15-26(4-2)37-21-25/h4,9-12,14,16-18,20,25-26H,2-3,5-8,13,15,19,21H2,1H3. The van der Waals surface area contributed by atoms with Crippen molar-refractivity contribution in [2.45, 2.75) is 63.9 Å². The van der Waals surface area contributed by atoms with Gasteiger partial charge in [-0.3, -0.25) is 0 Å². The second kappa shape index (κ2) is 13.0. The summed E-state index contributed by atoms with van der Waals surface area (Å²) in [4.78, 5) is 0. The van der Waals surface area contributed by atoms with E-state index in [-0.39, 0.29) is 29.2 Å². The minimum atomic E-state index is -0.983. The van der Waals surface area contributed by atoms with Gasteiger partial charge in [0.25, 0.3) is 0 Å². The van der Waals surface area contributed by atoms with Crippen molar-refractivity contribution in [3.8, 4) is 28.0 Å². The maximum absolute atomic E-state index is 15.0. The molecule has 0 radical (unpaired) electrons. The molecule has 5 heteroatoms. The number of unbranched alkanes of at least 4 members (excludes halogenated alkanes) is 4. The minimum Gasteiger partial charge on any atom is -0.490 e. The van der Waals surface area contributed by atoms with Gasteiger partial charge in [0.1, 0.15) is 5.82 Å². The molecule has 3 aromatic carbocycles. The van der Waals surface area contributed by atoms with Crippen molar-refractivity contribution in [3.05, 3.63) is 90.3 Å². The van der Waals surface area contributed by atoms with Gasteiger partial charge in [0.05, 0.1) is 19.3 Å². The second-order valence-corrected chi connectivity index (χ2v) is 9.70. The molecule has 196 valence electrons. The van der Waals surface area contributed by atoms with Crippen molar-refractivity contribution in [2.75, 3.05) is 13.2 Å². The molecule has 2 unspecified atom stereocenters. The lowest BCUT2D eigenvalue weighted by Crippen LogP contribution is -2.23. The first-order valence-corrected chi connectivity index (χ1v) is 13.3. The zero-order chi connectivity index (χ0) is 26.2. The molecule has 3 aromatic rings. The zero-order valence-electron chi connectivity index (χ0n) is 21.4. The molecule has 0 amide bonds. The fourth-order valence-corrected chi connectivity index (χ4v) is 4.82. The van der Waals surface area contributed by atoms with E-state index in [9.17, 15) is 8.78 Å². The van der Waals surface area contributed by atoms with E-state index in [2.05, 4.69) is 13.5 Å². The Morgan fingerprint density at radius 1 is 0.865 bits per heavy atom. The molecule has 0 aromatic heterocycles. The van der Waals surface area contributed by atoms with Crippen molar-refractivity contribution in [3.63, 3.8) is 0 Å². The van der Waals surface area contributed by atoms with Crippen molar-refractivity contribution < 1.29 is 22.6 Å². The largest absolute Gasteiger partial charge is 0.490 e. The summed E-state index contributed by atoms with van der Waals surface area (Å²) in [5.41, 5.74) is 2.71. The molecule has 0 aliphatic carbocycles. The van der Waals surface area contributed by atoms with Crippen LogP contribution in [0, 0.1) is 17.5 Å². The smallest absolute Gasteiger partial charge is 0.201 e. The van der Waals surface area contributed by atoms with Crippen LogP contribution in [0.25, 0.3) is 22.3 Å². The maximum atomic E-state index is 15.0. The minimum absolute atomic E-state index is 0.0705. The molecule has 0 bridgehead atoms. The van der Waals surface area contributed by atoms with Crippen LogP contribution in [0.3, 0.4) is 0 Å². The van der Waals surface area contributed by atoms with E-state index in [0.29, 0.717) is 29.9 Å². The Bertz CT molecular complexity index is 1180. The number of rotatable bonds is 11. The number of hydrogen-bond donors (Lipinski definition) is 0. The molecular weight excluding hydrogens is 473 g/mol. The van der Waals surface area contributed by atoms with E-state index < -0.39 is 11.6 Å². The fourth-order valence-electron chi connectivity index (χ4n) is 4.82. The normalized spacial score (nSPS) is 17.5. The number of hydrogen-bond acceptors (Lipinski definition) is 2. The van der Waals surface area contributed by atoms with Gasteiger partial charge >= 0.3 is 0 Å². The van der Waals surface area contributed by atoms with Crippen molar-refractivity contribution in [1.29, 1.82) is 0 Å². The molecule has 1 aliphatic heterocycles. The summed E-state index contributed by atoms with van der Waals surface area (Å²) in [7, 11) is 0. The quantitative estimate of drug-likeness (QED) is 0.190. The van der Waals surface area contributed by atoms with Crippen molar-refractivity contribution in [1.82, 2.24) is 0 Å². The van der Waals surface area contributed by atoms with Crippen LogP contribution < -0.4 is 4.74 Å². The van der Waals surface area contributed by atoms with Gasteiger partial charge in [-0.05, 0) is 54.2 Å². The van der Waals surface area contributed by atoms with Crippen LogP contribution in [0.2, 0.25) is 0 Å². The predicted molar refractivity (Wildman–Crippen MR) is 143 cm³/mol. The van der Waals surface area contributed by atoms with E-state index in [1.165, 1.54) is 18.6 Å². The van der Waals surface area contributed by atoms with Crippen molar-refractivity contribution in [2.24, 2.45) is 0 Å². The van der Waals surface area contributed by atoms with E-state index in [1.54, 1.807) is 36.4 Å². The highest BCUT2D eigenvalue weighted by Crippen LogP contribution is 2.34. The molecule has 2 nitrogen and oxygen atoms in total. The maximum Gasteiger partial charge on any atom is 0.201 e. The topological polar surface area (TPSA) is 18.5 Å². The second-order valence-electron chi connectivity index (χ2n) is 9.70. The molecule has 1 heterocycles. The Morgan fingerprint density at radius 3 is 2.22 bits per heavy atom. The Balaban J connectivity index is 1.42. The molecule has 1 saturated heterocycles. The highest BCUT2D eigenvalue weighted by atomic mass is 19.2. The average molecular weight is 509 g/mol. The third-order valence-electron chi connectivity index (χ3n) is 7.10. The van der Waals surface area contributed by atoms with Crippen LogP contribution in [0.1, 0.15) is 63.4 Å². The first kappa shape index (κ1) is 27.0. The SMILES string of the molecule is C=CC1CCC(c2ccc(-c3ccc(-c4ccc(OCCCCCCC)c(F)c4F)cc3)c(F)c2)CO1. The van der Waals surface area contributed by atoms with Gasteiger partial charge in [0, 0.05) is 17.0 Å². The molecule has 0 N–H and O–H groups in total. The molecule has 37 heavy (non-hydrogen) atoms. The van der Waals surface area contributed by atoms with Crippen molar-refractivity contribution >= 4 is 0 Å². The lowest BCUT2D eigenvalue weighted by Gasteiger charge is -2.27. The summed E-state index contributed by atoms with van der Waals surface area (Å²) in [6.45, 7) is 6.83. The Morgan fingerprint density at radius 2 is 1.57 bits per heavy atom. The van der Waals surface area contributed by atoms with Gasteiger partial charge in [0.2, 0.25) is 5.82 Å². The molecular formula is C32H35F3O2. The monoisotopic (exact) mass is 508 g/mol. The molecule has 2 atom stereocenters. The van der Waals surface area contributed by atoms with Gasteiger partial charge in [-0.1, -0.05) is 75.1 Å². The Labute approximate surface area is 218 Å². The summed E-state index contributed by atoms with van der Waals surface area (Å²) >= 11 is 0. The molecule has 1 fully saturated rings. The third kappa shape index (κ3) is 6.64. The summed E-state index contributed by atoms with van der Waals surface area (Å²) in [5.74, 6) is -2.15. The lowest BCUT2D eigenvalue weighted by atomic mass is 9.90. The van der Waals surface area contributed by atoms with Crippen LogP contribution in [-0.4, -0.2) is 19.3 Å². The van der Waals surface area contributed by atoms with Crippen LogP contribution in [-0.2, 0) is 4.74 Å². The number of benzene rings is 3. The summed E-state index contributed by atoms with van der Waals surface area (Å²) in [6, 6.07) is 15.1. The van der Waals surface area contributed by atoms with Gasteiger partial charge in [-0.15, -0.1) is 6.58 Å². The first-order chi connectivity index (χ1) is 18.0. The highest BCUT2D eigenvalue weighted by Gasteiger charge is 2.22. The number of halogens is 3. The average Bonchev–Trinajstić information content (AvgIpc) is 2.93. The molecule has 1 aliphatic rings. The Hall–Kier alpha value is -3.05. The van der Waals surface area contributed by atoms with E-state index >= 15 is 4.39 Å². The van der Waals surface area contributed by atoms with Crippen LogP contribution >= 0.6 is 0 Å². The summed E-state index contributed by atoms with van der Waals surface area (Å²) in [6.07, 6.45) is 8.94. The lowest BCUT2D eigenvalue weighted by molar-refractivity contribution is 0.0328. The van der Waals surface area contributed by atoms with E-state index in [0.717, 1.165) is 44.1 Å². The summed E-state index contributed by atoms with van der Waals surface area (Å²) < 4.78 is 55.8. The van der Waals surface area contributed by atoms with Gasteiger partial charge in [-0.2, -0.15) is 4.39 Å². The molecule has 0 saturated carbocycles. The Kier molecular flexibility index (Phi) is 9.45. The molecule has 0 spiro atoms. The van der Waals surface area contributed by atoms with Crippen LogP contribution in [0.5, 0.6) is 5.75 Å². The van der Waals surface area contributed by atoms with Gasteiger partial charge in [0.15, 0.2) is 11.6 Å².